The first kappa shape index (κ1) is 15.2. The lowest BCUT2D eigenvalue weighted by atomic mass is 10.2. The molecule has 2 aromatic carbocycles. The molecule has 0 unspecified atom stereocenters. The van der Waals surface area contributed by atoms with E-state index < -0.39 is 0 Å². The van der Waals surface area contributed by atoms with Crippen LogP contribution in [-0.4, -0.2) is 29.3 Å². The van der Waals surface area contributed by atoms with Crippen molar-refractivity contribution >= 4 is 34.0 Å². The second kappa shape index (κ2) is 6.18. The van der Waals surface area contributed by atoms with Gasteiger partial charge in [0.25, 0.3) is 0 Å². The second-order valence-corrected chi connectivity index (χ2v) is 5.08. The van der Waals surface area contributed by atoms with E-state index in [1.54, 1.807) is 50.6 Å². The molecule has 6 nitrogen and oxygen atoms in total. The minimum atomic E-state index is 0.117. The van der Waals surface area contributed by atoms with Crippen molar-refractivity contribution in [1.29, 1.82) is 0 Å². The maximum atomic E-state index is 9.36. The van der Waals surface area contributed by atoms with E-state index in [4.69, 9.17) is 21.1 Å². The Balaban J connectivity index is 2.13. The summed E-state index contributed by atoms with van der Waals surface area (Å²) in [5.41, 5.74) is 1.39. The highest BCUT2D eigenvalue weighted by atomic mass is 35.5. The van der Waals surface area contributed by atoms with Crippen LogP contribution in [0.25, 0.3) is 10.9 Å². The number of methoxy groups -OCH3 is 2. The first-order valence-corrected chi connectivity index (χ1v) is 7.14. The number of rotatable bonds is 4. The molecule has 7 heteroatoms. The molecule has 0 aliphatic rings. The highest BCUT2D eigenvalue weighted by molar-refractivity contribution is 6.28. The Morgan fingerprint density at radius 3 is 2.30 bits per heavy atom. The molecule has 1 aromatic heterocycles. The Hall–Kier alpha value is -2.73. The van der Waals surface area contributed by atoms with Crippen molar-refractivity contribution in [3.05, 3.63) is 41.7 Å². The maximum absolute atomic E-state index is 9.36. The van der Waals surface area contributed by atoms with Crippen LogP contribution in [0.4, 0.5) is 11.5 Å². The van der Waals surface area contributed by atoms with Gasteiger partial charge in [-0.2, -0.15) is 4.98 Å². The number of phenols is 1. The average Bonchev–Trinajstić information content (AvgIpc) is 2.55. The van der Waals surface area contributed by atoms with Crippen molar-refractivity contribution in [2.24, 2.45) is 0 Å². The normalized spacial score (nSPS) is 10.6. The molecular weight excluding hydrogens is 318 g/mol. The number of aromatic hydroxyl groups is 1. The molecular formula is C16H14ClN3O3. The van der Waals surface area contributed by atoms with Gasteiger partial charge in [0.1, 0.15) is 11.6 Å². The fraction of sp³-hybridized carbons (Fsp3) is 0.125. The molecule has 0 saturated carbocycles. The van der Waals surface area contributed by atoms with Gasteiger partial charge in [-0.25, -0.2) is 4.98 Å². The van der Waals surface area contributed by atoms with Gasteiger partial charge in [0.2, 0.25) is 5.28 Å². The summed E-state index contributed by atoms with van der Waals surface area (Å²) in [6, 6.07) is 10.2. The third-order valence-electron chi connectivity index (χ3n) is 3.30. The van der Waals surface area contributed by atoms with E-state index in [1.165, 1.54) is 0 Å². The van der Waals surface area contributed by atoms with E-state index in [0.717, 1.165) is 11.1 Å². The number of nitrogens with one attached hydrogen (secondary N) is 1. The predicted octanol–water partition coefficient (Wildman–Crippen LogP) is 3.75. The zero-order valence-corrected chi connectivity index (χ0v) is 13.3. The number of benzene rings is 2. The van der Waals surface area contributed by atoms with E-state index in [2.05, 4.69) is 15.3 Å². The summed E-state index contributed by atoms with van der Waals surface area (Å²) < 4.78 is 10.6. The van der Waals surface area contributed by atoms with Crippen molar-refractivity contribution < 1.29 is 14.6 Å². The maximum Gasteiger partial charge on any atom is 0.224 e. The molecule has 0 atom stereocenters. The van der Waals surface area contributed by atoms with E-state index in [-0.39, 0.29) is 11.0 Å². The lowest BCUT2D eigenvalue weighted by molar-refractivity contribution is 0.356. The predicted molar refractivity (Wildman–Crippen MR) is 89.0 cm³/mol. The van der Waals surface area contributed by atoms with E-state index >= 15 is 0 Å². The SMILES string of the molecule is COc1cc2nc(Cl)nc(Nc3ccc(O)cc3)c2cc1OC. The highest BCUT2D eigenvalue weighted by Crippen LogP contribution is 2.35. The second-order valence-electron chi connectivity index (χ2n) is 4.74. The van der Waals surface area contributed by atoms with E-state index in [9.17, 15) is 5.11 Å². The van der Waals surface area contributed by atoms with Crippen LogP contribution < -0.4 is 14.8 Å². The summed E-state index contributed by atoms with van der Waals surface area (Å²) in [6.07, 6.45) is 0. The first-order valence-electron chi connectivity index (χ1n) is 6.76. The van der Waals surface area contributed by atoms with Crippen molar-refractivity contribution in [2.75, 3.05) is 19.5 Å². The van der Waals surface area contributed by atoms with Gasteiger partial charge in [0.15, 0.2) is 11.5 Å². The molecule has 0 amide bonds. The van der Waals surface area contributed by atoms with E-state index in [1.807, 2.05) is 0 Å². The molecule has 0 spiro atoms. The van der Waals surface area contributed by atoms with Crippen LogP contribution in [0.15, 0.2) is 36.4 Å². The van der Waals surface area contributed by atoms with Crippen LogP contribution >= 0.6 is 11.6 Å². The van der Waals surface area contributed by atoms with Gasteiger partial charge in [-0.1, -0.05) is 0 Å². The Kier molecular flexibility index (Phi) is 4.08. The molecule has 0 bridgehead atoms. The fourth-order valence-corrected chi connectivity index (χ4v) is 2.38. The minimum Gasteiger partial charge on any atom is -0.508 e. The largest absolute Gasteiger partial charge is 0.508 e. The number of nitrogens with zero attached hydrogens (tertiary/aromatic N) is 2. The minimum absolute atomic E-state index is 0.117. The van der Waals surface area contributed by atoms with E-state index in [0.29, 0.717) is 22.8 Å². The molecule has 118 valence electrons. The number of hydrogen-bond donors (Lipinski definition) is 2. The standard InChI is InChI=1S/C16H14ClN3O3/c1-22-13-7-11-12(8-14(13)23-2)19-16(17)20-15(11)18-9-3-5-10(21)6-4-9/h3-8,21H,1-2H3,(H,18,19,20). The average molecular weight is 332 g/mol. The summed E-state index contributed by atoms with van der Waals surface area (Å²) in [7, 11) is 3.12. The third kappa shape index (κ3) is 3.07. The lowest BCUT2D eigenvalue weighted by Crippen LogP contribution is -1.99. The number of phenolic OH excluding ortho intramolecular Hbond substituents is 1. The Morgan fingerprint density at radius 1 is 1.00 bits per heavy atom. The Bertz CT molecular complexity index is 853. The smallest absolute Gasteiger partial charge is 0.224 e. The van der Waals surface area contributed by atoms with Crippen LogP contribution in [-0.2, 0) is 0 Å². The number of ether oxygens (including phenoxy) is 2. The van der Waals surface area contributed by atoms with Gasteiger partial charge < -0.3 is 19.9 Å². The third-order valence-corrected chi connectivity index (χ3v) is 3.47. The topological polar surface area (TPSA) is 76.5 Å². The Morgan fingerprint density at radius 2 is 1.65 bits per heavy atom. The number of hydrogen-bond acceptors (Lipinski definition) is 6. The number of halogens is 1. The van der Waals surface area contributed by atoms with Gasteiger partial charge in [-0.15, -0.1) is 0 Å². The number of aromatic nitrogens is 2. The van der Waals surface area contributed by atoms with Crippen molar-refractivity contribution in [1.82, 2.24) is 9.97 Å². The molecule has 0 radical (unpaired) electrons. The van der Waals surface area contributed by atoms with Gasteiger partial charge >= 0.3 is 0 Å². The summed E-state index contributed by atoms with van der Waals surface area (Å²) in [5, 5.41) is 13.4. The van der Waals surface area contributed by atoms with Crippen molar-refractivity contribution in [3.8, 4) is 17.2 Å². The zero-order chi connectivity index (χ0) is 16.4. The summed E-state index contributed by atoms with van der Waals surface area (Å²) in [5.74, 6) is 1.85. The molecule has 0 fully saturated rings. The molecule has 0 aliphatic heterocycles. The van der Waals surface area contributed by atoms with Crippen LogP contribution in [0.3, 0.4) is 0 Å². The molecule has 3 aromatic rings. The molecule has 3 rings (SSSR count). The van der Waals surface area contributed by atoms with Gasteiger partial charge in [-0.3, -0.25) is 0 Å². The molecule has 0 aliphatic carbocycles. The van der Waals surface area contributed by atoms with Crippen molar-refractivity contribution in [2.45, 2.75) is 0 Å². The summed E-state index contributed by atoms with van der Waals surface area (Å²) in [4.78, 5) is 8.45. The van der Waals surface area contributed by atoms with Crippen LogP contribution in [0.1, 0.15) is 0 Å². The molecule has 2 N–H and O–H groups in total. The van der Waals surface area contributed by atoms with Crippen LogP contribution in [0, 0.1) is 0 Å². The molecule has 23 heavy (non-hydrogen) atoms. The number of fused-ring (bicyclic) bond motifs is 1. The lowest BCUT2D eigenvalue weighted by Gasteiger charge is -2.12. The zero-order valence-electron chi connectivity index (χ0n) is 12.5. The fourth-order valence-electron chi connectivity index (χ4n) is 2.20. The summed E-state index contributed by atoms with van der Waals surface area (Å²) in [6.45, 7) is 0. The number of anilines is 2. The Labute approximate surface area is 137 Å². The quantitative estimate of drug-likeness (QED) is 0.560. The van der Waals surface area contributed by atoms with Crippen LogP contribution in [0.5, 0.6) is 17.2 Å². The van der Waals surface area contributed by atoms with Crippen molar-refractivity contribution in [3.63, 3.8) is 0 Å². The van der Waals surface area contributed by atoms with Gasteiger partial charge in [0.05, 0.1) is 19.7 Å². The highest BCUT2D eigenvalue weighted by Gasteiger charge is 2.13. The molecule has 0 saturated heterocycles. The molecule has 1 heterocycles. The monoisotopic (exact) mass is 331 g/mol. The van der Waals surface area contributed by atoms with Gasteiger partial charge in [0, 0.05) is 17.1 Å². The van der Waals surface area contributed by atoms with Gasteiger partial charge in [-0.05, 0) is 41.9 Å². The first-order chi connectivity index (χ1) is 11.1. The summed E-state index contributed by atoms with van der Waals surface area (Å²) >= 11 is 6.01. The van der Waals surface area contributed by atoms with Crippen LogP contribution in [0.2, 0.25) is 5.28 Å².